The molecule has 0 atom stereocenters. The second-order valence-electron chi connectivity index (χ2n) is 7.14. The van der Waals surface area contributed by atoms with Crippen LogP contribution in [0.15, 0.2) is 65.1 Å². The lowest BCUT2D eigenvalue weighted by Gasteiger charge is -2.34. The van der Waals surface area contributed by atoms with Gasteiger partial charge in [0, 0.05) is 43.3 Å². The van der Waals surface area contributed by atoms with Gasteiger partial charge in [0.2, 0.25) is 0 Å². The van der Waals surface area contributed by atoms with Crippen molar-refractivity contribution in [2.75, 3.05) is 26.2 Å². The van der Waals surface area contributed by atoms with Gasteiger partial charge in [-0.3, -0.25) is 9.69 Å². The minimum atomic E-state index is 0.0424. The maximum Gasteiger partial charge on any atom is 0.257 e. The summed E-state index contributed by atoms with van der Waals surface area (Å²) < 4.78 is 5.85. The number of benzene rings is 2. The van der Waals surface area contributed by atoms with E-state index >= 15 is 0 Å². The third-order valence-corrected chi connectivity index (χ3v) is 5.44. The van der Waals surface area contributed by atoms with Gasteiger partial charge < -0.3 is 9.32 Å². The van der Waals surface area contributed by atoms with Crippen LogP contribution in [0, 0.1) is 6.92 Å². The van der Waals surface area contributed by atoms with Crippen molar-refractivity contribution in [3.8, 4) is 11.3 Å². The van der Waals surface area contributed by atoms with Crippen molar-refractivity contribution in [3.63, 3.8) is 0 Å². The fraction of sp³-hybridized carbons (Fsp3) is 0.261. The Morgan fingerprint density at radius 1 is 1.00 bits per heavy atom. The second-order valence-corrected chi connectivity index (χ2v) is 7.58. The number of hydrogen-bond acceptors (Lipinski definition) is 3. The molecule has 4 nitrogen and oxygen atoms in total. The van der Waals surface area contributed by atoms with Crippen LogP contribution in [-0.2, 0) is 6.54 Å². The van der Waals surface area contributed by atoms with Gasteiger partial charge in [0.25, 0.3) is 5.91 Å². The monoisotopic (exact) mass is 394 g/mol. The average molecular weight is 395 g/mol. The van der Waals surface area contributed by atoms with Crippen molar-refractivity contribution in [1.82, 2.24) is 9.80 Å². The summed E-state index contributed by atoms with van der Waals surface area (Å²) in [4.78, 5) is 17.3. The first-order valence-corrected chi connectivity index (χ1v) is 9.90. The number of nitrogens with zero attached hydrogens (tertiary/aromatic N) is 2. The van der Waals surface area contributed by atoms with Gasteiger partial charge in [-0.25, -0.2) is 0 Å². The van der Waals surface area contributed by atoms with Gasteiger partial charge in [-0.2, -0.15) is 0 Å². The van der Waals surface area contributed by atoms with Crippen LogP contribution < -0.4 is 0 Å². The number of amides is 1. The molecular weight excluding hydrogens is 372 g/mol. The lowest BCUT2D eigenvalue weighted by Crippen LogP contribution is -2.48. The second kappa shape index (κ2) is 8.21. The smallest absolute Gasteiger partial charge is 0.257 e. The van der Waals surface area contributed by atoms with Crippen molar-refractivity contribution in [3.05, 3.63) is 82.6 Å². The number of halogens is 1. The Morgan fingerprint density at radius 3 is 2.36 bits per heavy atom. The molecule has 0 saturated carbocycles. The summed E-state index contributed by atoms with van der Waals surface area (Å²) >= 11 is 5.96. The molecule has 4 rings (SSSR count). The quantitative estimate of drug-likeness (QED) is 0.633. The molecule has 144 valence electrons. The highest BCUT2D eigenvalue weighted by molar-refractivity contribution is 6.30. The van der Waals surface area contributed by atoms with Gasteiger partial charge in [-0.05, 0) is 42.8 Å². The predicted molar refractivity (Wildman–Crippen MR) is 112 cm³/mol. The number of furan rings is 1. The Balaban J connectivity index is 1.41. The van der Waals surface area contributed by atoms with Gasteiger partial charge in [0.1, 0.15) is 11.5 Å². The molecule has 1 amide bonds. The molecule has 1 fully saturated rings. The van der Waals surface area contributed by atoms with Crippen LogP contribution in [-0.4, -0.2) is 41.9 Å². The van der Waals surface area contributed by atoms with Crippen molar-refractivity contribution >= 4 is 17.5 Å². The van der Waals surface area contributed by atoms with Gasteiger partial charge in [-0.1, -0.05) is 41.9 Å². The zero-order valence-electron chi connectivity index (χ0n) is 15.9. The van der Waals surface area contributed by atoms with Crippen LogP contribution >= 0.6 is 11.6 Å². The van der Waals surface area contributed by atoms with Crippen LogP contribution in [0.3, 0.4) is 0 Å². The van der Waals surface area contributed by atoms with Crippen LogP contribution in [0.5, 0.6) is 0 Å². The Kier molecular flexibility index (Phi) is 5.51. The molecular formula is C23H23ClN2O2. The first kappa shape index (κ1) is 18.8. The Labute approximate surface area is 170 Å². The summed E-state index contributed by atoms with van der Waals surface area (Å²) in [6, 6.07) is 19.7. The molecule has 1 saturated heterocycles. The molecule has 3 aromatic rings. The molecule has 0 bridgehead atoms. The predicted octanol–water partition coefficient (Wildman–Crippen LogP) is 4.87. The van der Waals surface area contributed by atoms with E-state index in [1.165, 1.54) is 5.56 Å². The summed E-state index contributed by atoms with van der Waals surface area (Å²) in [6.07, 6.45) is 0. The summed E-state index contributed by atoms with van der Waals surface area (Å²) in [5.41, 5.74) is 2.86. The van der Waals surface area contributed by atoms with Gasteiger partial charge in [0.05, 0.1) is 5.56 Å². The first-order valence-electron chi connectivity index (χ1n) is 9.52. The Bertz CT molecular complexity index is 942. The number of rotatable bonds is 4. The molecule has 0 spiro atoms. The number of carbonyl (C=O) groups excluding carboxylic acids is 1. The molecule has 28 heavy (non-hydrogen) atoms. The molecule has 0 unspecified atom stereocenters. The maximum atomic E-state index is 13.0. The topological polar surface area (TPSA) is 36.7 Å². The molecule has 2 heterocycles. The largest absolute Gasteiger partial charge is 0.461 e. The van der Waals surface area contributed by atoms with E-state index in [0.29, 0.717) is 22.1 Å². The summed E-state index contributed by atoms with van der Waals surface area (Å²) in [6.45, 7) is 5.98. The van der Waals surface area contributed by atoms with Crippen molar-refractivity contribution in [1.29, 1.82) is 0 Å². The van der Waals surface area contributed by atoms with Gasteiger partial charge >= 0.3 is 0 Å². The summed E-state index contributed by atoms with van der Waals surface area (Å²) in [5, 5.41) is 0.678. The third-order valence-electron chi connectivity index (χ3n) is 5.19. The highest BCUT2D eigenvalue weighted by Crippen LogP contribution is 2.27. The fourth-order valence-electron chi connectivity index (χ4n) is 3.57. The molecule has 1 aliphatic heterocycles. The summed E-state index contributed by atoms with van der Waals surface area (Å²) in [5.74, 6) is 1.39. The SMILES string of the molecule is Cc1oc(-c2ccc(Cl)cc2)cc1C(=O)N1CCN(Cc2ccccc2)CC1. The highest BCUT2D eigenvalue weighted by atomic mass is 35.5. The van der Waals surface area contributed by atoms with E-state index in [1.54, 1.807) is 0 Å². The first-order chi connectivity index (χ1) is 13.6. The van der Waals surface area contributed by atoms with E-state index < -0.39 is 0 Å². The average Bonchev–Trinajstić information content (AvgIpc) is 3.11. The van der Waals surface area contributed by atoms with Crippen molar-refractivity contribution < 1.29 is 9.21 Å². The summed E-state index contributed by atoms with van der Waals surface area (Å²) in [7, 11) is 0. The maximum absolute atomic E-state index is 13.0. The van der Waals surface area contributed by atoms with E-state index in [4.69, 9.17) is 16.0 Å². The van der Waals surface area contributed by atoms with Crippen LogP contribution in [0.4, 0.5) is 0 Å². The molecule has 2 aromatic carbocycles. The molecule has 0 N–H and O–H groups in total. The molecule has 1 aliphatic rings. The van der Waals surface area contributed by atoms with Crippen LogP contribution in [0.2, 0.25) is 5.02 Å². The minimum absolute atomic E-state index is 0.0424. The van der Waals surface area contributed by atoms with E-state index in [-0.39, 0.29) is 5.91 Å². The Hall–Kier alpha value is -2.56. The fourth-order valence-corrected chi connectivity index (χ4v) is 3.70. The number of aryl methyl sites for hydroxylation is 1. The van der Waals surface area contributed by atoms with Crippen molar-refractivity contribution in [2.45, 2.75) is 13.5 Å². The number of piperazine rings is 1. The zero-order valence-corrected chi connectivity index (χ0v) is 16.7. The molecule has 0 aliphatic carbocycles. The molecule has 5 heteroatoms. The van der Waals surface area contributed by atoms with Crippen LogP contribution in [0.25, 0.3) is 11.3 Å². The lowest BCUT2D eigenvalue weighted by atomic mass is 10.1. The third kappa shape index (κ3) is 4.13. The van der Waals surface area contributed by atoms with Crippen LogP contribution in [0.1, 0.15) is 21.7 Å². The van der Waals surface area contributed by atoms with Crippen molar-refractivity contribution in [2.24, 2.45) is 0 Å². The number of hydrogen-bond donors (Lipinski definition) is 0. The van der Waals surface area contributed by atoms with E-state index in [1.807, 2.05) is 48.2 Å². The van der Waals surface area contributed by atoms with Gasteiger partial charge in [-0.15, -0.1) is 0 Å². The normalized spacial score (nSPS) is 15.0. The Morgan fingerprint density at radius 2 is 1.68 bits per heavy atom. The molecule has 1 aromatic heterocycles. The van der Waals surface area contributed by atoms with E-state index in [0.717, 1.165) is 38.3 Å². The highest BCUT2D eigenvalue weighted by Gasteiger charge is 2.25. The van der Waals surface area contributed by atoms with Gasteiger partial charge in [0.15, 0.2) is 0 Å². The minimum Gasteiger partial charge on any atom is -0.461 e. The number of carbonyl (C=O) groups is 1. The molecule has 0 radical (unpaired) electrons. The van der Waals surface area contributed by atoms with E-state index in [9.17, 15) is 4.79 Å². The standard InChI is InChI=1S/C23H23ClN2O2/c1-17-21(15-22(28-17)19-7-9-20(24)10-8-19)23(27)26-13-11-25(12-14-26)16-18-5-3-2-4-6-18/h2-10,15H,11-14,16H2,1H3. The zero-order chi connectivity index (χ0) is 19.5. The van der Waals surface area contributed by atoms with E-state index in [2.05, 4.69) is 29.2 Å². The lowest BCUT2D eigenvalue weighted by molar-refractivity contribution is 0.0627.